The van der Waals surface area contributed by atoms with Gasteiger partial charge in [0.1, 0.15) is 0 Å². The van der Waals surface area contributed by atoms with Crippen LogP contribution in [0.2, 0.25) is 0 Å². The normalized spacial score (nSPS) is 22.9. The molecule has 1 amide bonds. The molecule has 1 heterocycles. The highest BCUT2D eigenvalue weighted by Gasteiger charge is 2.30. The SMILES string of the molecule is O=C(O)C1CCCC(C(=O)NCCc2ncon2)C1. The third-order valence-electron chi connectivity index (χ3n) is 3.45. The fourth-order valence-electron chi connectivity index (χ4n) is 2.40. The summed E-state index contributed by atoms with van der Waals surface area (Å²) in [4.78, 5) is 26.7. The van der Waals surface area contributed by atoms with Crippen LogP contribution in [-0.4, -0.2) is 33.7 Å². The van der Waals surface area contributed by atoms with Crippen molar-refractivity contribution < 1.29 is 19.2 Å². The van der Waals surface area contributed by atoms with E-state index in [0.717, 1.165) is 12.8 Å². The molecule has 7 heteroatoms. The highest BCUT2D eigenvalue weighted by atomic mass is 16.5. The van der Waals surface area contributed by atoms with E-state index in [-0.39, 0.29) is 17.7 Å². The Hall–Kier alpha value is -1.92. The molecule has 1 aliphatic carbocycles. The second-order valence-corrected chi connectivity index (χ2v) is 4.79. The van der Waals surface area contributed by atoms with Gasteiger partial charge in [-0.2, -0.15) is 4.98 Å². The molecule has 2 rings (SSSR count). The molecule has 0 radical (unpaired) electrons. The van der Waals surface area contributed by atoms with Gasteiger partial charge in [-0.25, -0.2) is 0 Å². The molecule has 0 saturated heterocycles. The summed E-state index contributed by atoms with van der Waals surface area (Å²) in [5.74, 6) is -0.909. The first-order chi connectivity index (χ1) is 9.16. The Balaban J connectivity index is 1.74. The van der Waals surface area contributed by atoms with Crippen LogP contribution in [0.15, 0.2) is 10.9 Å². The monoisotopic (exact) mass is 267 g/mol. The molecule has 2 atom stereocenters. The molecule has 2 N–H and O–H groups in total. The van der Waals surface area contributed by atoms with E-state index in [2.05, 4.69) is 20.0 Å². The predicted octanol–water partition coefficient (Wildman–Crippen LogP) is 0.619. The average Bonchev–Trinajstić information content (AvgIpc) is 2.92. The summed E-state index contributed by atoms with van der Waals surface area (Å²) in [7, 11) is 0. The maximum absolute atomic E-state index is 11.9. The van der Waals surface area contributed by atoms with Crippen molar-refractivity contribution in [3.63, 3.8) is 0 Å². The summed E-state index contributed by atoms with van der Waals surface area (Å²) >= 11 is 0. The van der Waals surface area contributed by atoms with Gasteiger partial charge < -0.3 is 14.9 Å². The molecule has 1 saturated carbocycles. The second-order valence-electron chi connectivity index (χ2n) is 4.79. The van der Waals surface area contributed by atoms with Crippen molar-refractivity contribution in [3.05, 3.63) is 12.2 Å². The van der Waals surface area contributed by atoms with E-state index in [9.17, 15) is 9.59 Å². The molecular weight excluding hydrogens is 250 g/mol. The Morgan fingerprint density at radius 3 is 2.89 bits per heavy atom. The summed E-state index contributed by atoms with van der Waals surface area (Å²) in [5.41, 5.74) is 0. The summed E-state index contributed by atoms with van der Waals surface area (Å²) in [6.07, 6.45) is 4.41. The summed E-state index contributed by atoms with van der Waals surface area (Å²) in [5, 5.41) is 15.4. The van der Waals surface area contributed by atoms with Crippen molar-refractivity contribution in [2.75, 3.05) is 6.54 Å². The van der Waals surface area contributed by atoms with Crippen LogP contribution in [0.25, 0.3) is 0 Å². The number of nitrogens with one attached hydrogen (secondary N) is 1. The molecule has 0 spiro atoms. The third kappa shape index (κ3) is 3.77. The minimum atomic E-state index is -0.802. The first-order valence-electron chi connectivity index (χ1n) is 6.42. The zero-order valence-corrected chi connectivity index (χ0v) is 10.5. The van der Waals surface area contributed by atoms with Crippen LogP contribution in [-0.2, 0) is 16.0 Å². The molecule has 0 bridgehead atoms. The van der Waals surface area contributed by atoms with Crippen molar-refractivity contribution in [2.45, 2.75) is 32.1 Å². The number of nitrogens with zero attached hydrogens (tertiary/aromatic N) is 2. The summed E-state index contributed by atoms with van der Waals surface area (Å²) < 4.78 is 4.59. The molecule has 104 valence electrons. The smallest absolute Gasteiger partial charge is 0.306 e. The first-order valence-corrected chi connectivity index (χ1v) is 6.42. The van der Waals surface area contributed by atoms with E-state index in [4.69, 9.17) is 5.11 Å². The van der Waals surface area contributed by atoms with Gasteiger partial charge >= 0.3 is 5.97 Å². The van der Waals surface area contributed by atoms with Crippen molar-refractivity contribution in [1.29, 1.82) is 0 Å². The fourth-order valence-corrected chi connectivity index (χ4v) is 2.40. The van der Waals surface area contributed by atoms with Gasteiger partial charge in [-0.05, 0) is 19.3 Å². The summed E-state index contributed by atoms with van der Waals surface area (Å²) in [6, 6.07) is 0. The Kier molecular flexibility index (Phi) is 4.48. The van der Waals surface area contributed by atoms with E-state index in [1.54, 1.807) is 0 Å². The van der Waals surface area contributed by atoms with Crippen LogP contribution < -0.4 is 5.32 Å². The Bertz CT molecular complexity index is 432. The number of carbonyl (C=O) groups is 2. The maximum atomic E-state index is 11.9. The molecule has 7 nitrogen and oxygen atoms in total. The second kappa shape index (κ2) is 6.31. The topological polar surface area (TPSA) is 105 Å². The van der Waals surface area contributed by atoms with E-state index < -0.39 is 5.97 Å². The quantitative estimate of drug-likeness (QED) is 0.810. The van der Waals surface area contributed by atoms with Gasteiger partial charge in [-0.3, -0.25) is 9.59 Å². The highest BCUT2D eigenvalue weighted by Crippen LogP contribution is 2.29. The number of hydrogen-bond acceptors (Lipinski definition) is 5. The lowest BCUT2D eigenvalue weighted by Gasteiger charge is -2.25. The van der Waals surface area contributed by atoms with Crippen LogP contribution >= 0.6 is 0 Å². The number of carboxylic acids is 1. The van der Waals surface area contributed by atoms with Gasteiger partial charge in [-0.15, -0.1) is 0 Å². The molecule has 1 fully saturated rings. The number of carbonyl (C=O) groups excluding carboxylic acids is 1. The fraction of sp³-hybridized carbons (Fsp3) is 0.667. The number of rotatable bonds is 5. The summed E-state index contributed by atoms with van der Waals surface area (Å²) in [6.45, 7) is 0.437. The van der Waals surface area contributed by atoms with Gasteiger partial charge in [0.2, 0.25) is 12.3 Å². The van der Waals surface area contributed by atoms with E-state index in [1.807, 2.05) is 0 Å². The van der Waals surface area contributed by atoms with Crippen molar-refractivity contribution in [2.24, 2.45) is 11.8 Å². The molecule has 0 aliphatic heterocycles. The Morgan fingerprint density at radius 2 is 2.21 bits per heavy atom. The minimum absolute atomic E-state index is 0.0746. The maximum Gasteiger partial charge on any atom is 0.306 e. The molecule has 1 aromatic heterocycles. The highest BCUT2D eigenvalue weighted by molar-refractivity contribution is 5.80. The zero-order chi connectivity index (χ0) is 13.7. The molecule has 19 heavy (non-hydrogen) atoms. The number of carboxylic acid groups (broad SMARTS) is 1. The standard InChI is InChI=1S/C12H17N3O4/c16-11(13-5-4-10-14-7-19-15-10)8-2-1-3-9(6-8)12(17)18/h7-9H,1-6H2,(H,13,16)(H,17,18). The average molecular weight is 267 g/mol. The van der Waals surface area contributed by atoms with Gasteiger partial charge in [0, 0.05) is 18.9 Å². The van der Waals surface area contributed by atoms with Crippen LogP contribution in [0.5, 0.6) is 0 Å². The van der Waals surface area contributed by atoms with Crippen LogP contribution in [0.1, 0.15) is 31.5 Å². The van der Waals surface area contributed by atoms with Crippen molar-refractivity contribution in [1.82, 2.24) is 15.5 Å². The van der Waals surface area contributed by atoms with Gasteiger partial charge in [0.15, 0.2) is 5.82 Å². The van der Waals surface area contributed by atoms with E-state index >= 15 is 0 Å². The largest absolute Gasteiger partial charge is 0.481 e. The third-order valence-corrected chi connectivity index (χ3v) is 3.45. The van der Waals surface area contributed by atoms with Gasteiger partial charge in [-0.1, -0.05) is 11.6 Å². The van der Waals surface area contributed by atoms with Crippen molar-refractivity contribution >= 4 is 11.9 Å². The van der Waals surface area contributed by atoms with E-state index in [0.29, 0.717) is 31.6 Å². The van der Waals surface area contributed by atoms with Crippen LogP contribution in [0, 0.1) is 11.8 Å². The first kappa shape index (κ1) is 13.5. The predicted molar refractivity (Wildman–Crippen MR) is 64.1 cm³/mol. The zero-order valence-electron chi connectivity index (χ0n) is 10.5. The van der Waals surface area contributed by atoms with Crippen LogP contribution in [0.4, 0.5) is 0 Å². The number of hydrogen-bond donors (Lipinski definition) is 2. The lowest BCUT2D eigenvalue weighted by molar-refractivity contribution is -0.144. The molecule has 2 unspecified atom stereocenters. The molecule has 0 aromatic carbocycles. The van der Waals surface area contributed by atoms with E-state index in [1.165, 1.54) is 6.39 Å². The van der Waals surface area contributed by atoms with Gasteiger partial charge in [0.05, 0.1) is 5.92 Å². The van der Waals surface area contributed by atoms with Crippen LogP contribution in [0.3, 0.4) is 0 Å². The Morgan fingerprint density at radius 1 is 1.42 bits per heavy atom. The lowest BCUT2D eigenvalue weighted by atomic mass is 9.81. The van der Waals surface area contributed by atoms with Gasteiger partial charge in [0.25, 0.3) is 0 Å². The number of aliphatic carboxylic acids is 1. The molecule has 1 aliphatic rings. The Labute approximate surface area is 110 Å². The molecular formula is C12H17N3O4. The van der Waals surface area contributed by atoms with Crippen molar-refractivity contribution in [3.8, 4) is 0 Å². The minimum Gasteiger partial charge on any atom is -0.481 e. The lowest BCUT2D eigenvalue weighted by Crippen LogP contribution is -2.36. The number of aromatic nitrogens is 2. The molecule has 1 aromatic rings. The number of amides is 1.